The van der Waals surface area contributed by atoms with Gasteiger partial charge in [-0.15, -0.1) is 0 Å². The maximum atomic E-state index is 12.6. The van der Waals surface area contributed by atoms with E-state index in [0.717, 1.165) is 6.42 Å². The van der Waals surface area contributed by atoms with Crippen molar-refractivity contribution in [1.29, 1.82) is 0 Å². The summed E-state index contributed by atoms with van der Waals surface area (Å²) >= 11 is 0. The van der Waals surface area contributed by atoms with Crippen LogP contribution in [0.1, 0.15) is 33.1 Å². The number of aromatic nitrogens is 4. The van der Waals surface area contributed by atoms with E-state index >= 15 is 0 Å². The number of hydrogen-bond donors (Lipinski definition) is 4. The Labute approximate surface area is 139 Å². The number of aliphatic hydroxyl groups excluding tert-OH is 1. The number of aliphatic hydroxyl groups is 1. The summed E-state index contributed by atoms with van der Waals surface area (Å²) < 4.78 is 2.57. The second-order valence-corrected chi connectivity index (χ2v) is 6.29. The predicted octanol–water partition coefficient (Wildman–Crippen LogP) is -0.266. The number of rotatable bonds is 8. The number of fused-ring (bicyclic) bond motifs is 1. The van der Waals surface area contributed by atoms with Crippen molar-refractivity contribution in [2.75, 3.05) is 11.9 Å². The standard InChI is InChI=1S/C15H26N6O3/c1-9(16)8-17-14-18-11-12(19-14)20(3)15(24)21(13(11)23)7-5-4-6-10(2)22/h9-10,22H,4-8,16H2,1-3H3,(H2,17,18,19). The molecular weight excluding hydrogens is 312 g/mol. The van der Waals surface area contributed by atoms with Crippen LogP contribution in [0.15, 0.2) is 9.59 Å². The van der Waals surface area contributed by atoms with Gasteiger partial charge in [-0.25, -0.2) is 4.79 Å². The molecule has 0 aliphatic carbocycles. The molecule has 0 fully saturated rings. The van der Waals surface area contributed by atoms with Crippen LogP contribution >= 0.6 is 0 Å². The molecule has 134 valence electrons. The molecule has 2 aromatic rings. The van der Waals surface area contributed by atoms with Gasteiger partial charge >= 0.3 is 5.69 Å². The predicted molar refractivity (Wildman–Crippen MR) is 93.3 cm³/mol. The van der Waals surface area contributed by atoms with Gasteiger partial charge in [0.05, 0.1) is 6.10 Å². The topological polar surface area (TPSA) is 131 Å². The summed E-state index contributed by atoms with van der Waals surface area (Å²) in [4.78, 5) is 32.1. The minimum Gasteiger partial charge on any atom is -0.393 e. The van der Waals surface area contributed by atoms with E-state index in [1.165, 1.54) is 9.13 Å². The number of hydrogen-bond acceptors (Lipinski definition) is 6. The number of nitrogens with two attached hydrogens (primary N) is 1. The zero-order valence-electron chi connectivity index (χ0n) is 14.4. The van der Waals surface area contributed by atoms with Gasteiger partial charge in [0, 0.05) is 26.2 Å². The molecule has 0 aromatic carbocycles. The molecule has 5 N–H and O–H groups in total. The largest absolute Gasteiger partial charge is 0.393 e. The number of nitrogens with one attached hydrogen (secondary N) is 2. The van der Waals surface area contributed by atoms with Crippen molar-refractivity contribution >= 4 is 17.1 Å². The number of nitrogens with zero attached hydrogens (tertiary/aromatic N) is 3. The lowest BCUT2D eigenvalue weighted by atomic mass is 10.2. The zero-order valence-corrected chi connectivity index (χ0v) is 14.4. The Hall–Kier alpha value is -2.13. The molecule has 2 rings (SSSR count). The summed E-state index contributed by atoms with van der Waals surface area (Å²) in [5.74, 6) is 0.418. The Morgan fingerprint density at radius 1 is 1.33 bits per heavy atom. The van der Waals surface area contributed by atoms with Crippen molar-refractivity contribution in [2.24, 2.45) is 12.8 Å². The smallest absolute Gasteiger partial charge is 0.332 e. The van der Waals surface area contributed by atoms with Gasteiger partial charge in [-0.3, -0.25) is 13.9 Å². The molecule has 0 aliphatic rings. The van der Waals surface area contributed by atoms with E-state index < -0.39 is 5.69 Å². The highest BCUT2D eigenvalue weighted by atomic mass is 16.3. The van der Waals surface area contributed by atoms with Crippen LogP contribution in [-0.4, -0.2) is 42.9 Å². The number of imidazole rings is 1. The molecule has 0 radical (unpaired) electrons. The molecule has 0 bridgehead atoms. The molecule has 9 heteroatoms. The Bertz CT molecular complexity index is 802. The molecule has 0 amide bonds. The second kappa shape index (κ2) is 7.63. The van der Waals surface area contributed by atoms with Crippen LogP contribution in [0.3, 0.4) is 0 Å². The van der Waals surface area contributed by atoms with Gasteiger partial charge in [0.1, 0.15) is 0 Å². The van der Waals surface area contributed by atoms with Crippen molar-refractivity contribution in [3.63, 3.8) is 0 Å². The molecule has 9 nitrogen and oxygen atoms in total. The molecule has 24 heavy (non-hydrogen) atoms. The normalized spacial score (nSPS) is 14.0. The highest BCUT2D eigenvalue weighted by molar-refractivity contribution is 5.72. The Balaban J connectivity index is 2.29. The maximum absolute atomic E-state index is 12.6. The van der Waals surface area contributed by atoms with Crippen LogP contribution in [0.25, 0.3) is 11.2 Å². The molecule has 2 aromatic heterocycles. The van der Waals surface area contributed by atoms with E-state index in [2.05, 4.69) is 15.3 Å². The number of H-pyrrole nitrogens is 1. The zero-order chi connectivity index (χ0) is 17.9. The van der Waals surface area contributed by atoms with E-state index in [1.807, 2.05) is 6.92 Å². The van der Waals surface area contributed by atoms with E-state index in [4.69, 9.17) is 5.73 Å². The maximum Gasteiger partial charge on any atom is 0.332 e. The number of aromatic amines is 1. The number of unbranched alkanes of at least 4 members (excludes halogenated alkanes) is 1. The van der Waals surface area contributed by atoms with Crippen molar-refractivity contribution < 1.29 is 5.11 Å². The molecule has 0 aliphatic heterocycles. The Kier molecular flexibility index (Phi) is 5.79. The highest BCUT2D eigenvalue weighted by Gasteiger charge is 2.15. The van der Waals surface area contributed by atoms with Gasteiger partial charge in [-0.05, 0) is 33.1 Å². The van der Waals surface area contributed by atoms with Gasteiger partial charge < -0.3 is 21.1 Å². The van der Waals surface area contributed by atoms with Crippen molar-refractivity contribution in [1.82, 2.24) is 19.1 Å². The van der Waals surface area contributed by atoms with E-state index in [9.17, 15) is 14.7 Å². The third kappa shape index (κ3) is 4.04. The summed E-state index contributed by atoms with van der Waals surface area (Å²) in [5, 5.41) is 12.3. The van der Waals surface area contributed by atoms with E-state index in [0.29, 0.717) is 43.0 Å². The van der Waals surface area contributed by atoms with Crippen LogP contribution in [0.4, 0.5) is 5.95 Å². The molecular formula is C15H26N6O3. The van der Waals surface area contributed by atoms with Gasteiger partial charge in [-0.1, -0.05) is 0 Å². The van der Waals surface area contributed by atoms with Crippen molar-refractivity contribution in [3.05, 3.63) is 20.8 Å². The quantitative estimate of drug-likeness (QED) is 0.490. The fourth-order valence-corrected chi connectivity index (χ4v) is 2.50. The Morgan fingerprint density at radius 2 is 2.04 bits per heavy atom. The first-order chi connectivity index (χ1) is 11.3. The van der Waals surface area contributed by atoms with E-state index in [-0.39, 0.29) is 17.7 Å². The van der Waals surface area contributed by atoms with Crippen LogP contribution in [0.5, 0.6) is 0 Å². The first-order valence-corrected chi connectivity index (χ1v) is 8.18. The lowest BCUT2D eigenvalue weighted by Gasteiger charge is -2.08. The fourth-order valence-electron chi connectivity index (χ4n) is 2.50. The average Bonchev–Trinajstić information content (AvgIpc) is 2.94. The SMILES string of the molecule is CC(N)CNc1nc2c([nH]1)c(=O)n(CCCCC(C)O)c(=O)n2C. The molecule has 0 saturated heterocycles. The van der Waals surface area contributed by atoms with Crippen molar-refractivity contribution in [2.45, 2.75) is 51.8 Å². The van der Waals surface area contributed by atoms with Crippen molar-refractivity contribution in [3.8, 4) is 0 Å². The average molecular weight is 338 g/mol. The summed E-state index contributed by atoms with van der Waals surface area (Å²) in [7, 11) is 1.59. The molecule has 2 unspecified atom stereocenters. The molecule has 0 saturated carbocycles. The lowest BCUT2D eigenvalue weighted by molar-refractivity contribution is 0.180. The first kappa shape index (κ1) is 18.2. The Morgan fingerprint density at radius 3 is 2.67 bits per heavy atom. The van der Waals surface area contributed by atoms with E-state index in [1.54, 1.807) is 14.0 Å². The highest BCUT2D eigenvalue weighted by Crippen LogP contribution is 2.09. The van der Waals surface area contributed by atoms with Crippen LogP contribution in [0, 0.1) is 0 Å². The minimum absolute atomic E-state index is 0.0624. The third-order valence-corrected chi connectivity index (χ3v) is 3.82. The van der Waals surface area contributed by atoms with Gasteiger partial charge in [-0.2, -0.15) is 4.98 Å². The van der Waals surface area contributed by atoms with Crippen LogP contribution < -0.4 is 22.3 Å². The number of aryl methyl sites for hydroxylation is 1. The third-order valence-electron chi connectivity index (χ3n) is 3.82. The summed E-state index contributed by atoms with van der Waals surface area (Å²) in [6.07, 6.45) is 1.66. The molecule has 2 atom stereocenters. The second-order valence-electron chi connectivity index (χ2n) is 6.29. The van der Waals surface area contributed by atoms with Gasteiger partial charge in [0.25, 0.3) is 5.56 Å². The first-order valence-electron chi connectivity index (χ1n) is 8.18. The van der Waals surface area contributed by atoms with Gasteiger partial charge in [0.2, 0.25) is 5.95 Å². The fraction of sp³-hybridized carbons (Fsp3) is 0.667. The number of anilines is 1. The molecule has 0 spiro atoms. The monoisotopic (exact) mass is 338 g/mol. The van der Waals surface area contributed by atoms with Gasteiger partial charge in [0.15, 0.2) is 11.2 Å². The minimum atomic E-state index is -0.394. The summed E-state index contributed by atoms with van der Waals surface area (Å²) in [6, 6.07) is -0.0624. The summed E-state index contributed by atoms with van der Waals surface area (Å²) in [5.41, 5.74) is 5.52. The van der Waals surface area contributed by atoms with Crippen LogP contribution in [0.2, 0.25) is 0 Å². The summed E-state index contributed by atoms with van der Waals surface area (Å²) in [6.45, 7) is 4.39. The van der Waals surface area contributed by atoms with Crippen LogP contribution in [-0.2, 0) is 13.6 Å². The lowest BCUT2D eigenvalue weighted by Crippen LogP contribution is -2.39. The molecule has 2 heterocycles.